The molecule has 3 heterocycles. The summed E-state index contributed by atoms with van der Waals surface area (Å²) in [5.41, 5.74) is 1.37. The van der Waals surface area contributed by atoms with Crippen LogP contribution in [0.1, 0.15) is 55.3 Å². The highest BCUT2D eigenvalue weighted by Crippen LogP contribution is 2.27. The molecular formula is C44H56N4O8. The minimum absolute atomic E-state index is 0.0135. The molecule has 3 aromatic rings. The summed E-state index contributed by atoms with van der Waals surface area (Å²) in [5, 5.41) is 39.7. The molecular weight excluding hydrogens is 713 g/mol. The van der Waals surface area contributed by atoms with Gasteiger partial charge in [0.1, 0.15) is 12.4 Å². The lowest BCUT2D eigenvalue weighted by molar-refractivity contribution is -0.144. The number of carboxylic acids is 3. The van der Waals surface area contributed by atoms with Crippen LogP contribution >= 0.6 is 0 Å². The van der Waals surface area contributed by atoms with E-state index in [0.717, 1.165) is 0 Å². The predicted molar refractivity (Wildman–Crippen MR) is 211 cm³/mol. The number of carbonyl (C=O) groups is 4. The van der Waals surface area contributed by atoms with Gasteiger partial charge in [0.15, 0.2) is 0 Å². The summed E-state index contributed by atoms with van der Waals surface area (Å²) in [6.07, 6.45) is -5.37. The SMILES string of the molecule is [2H]C([2H])(c1cccc(CC(=O)N(CCOc2cccc(C([2H])([2H])C(C(=O)O)C3CCNC3)c2)Cc2cccc(C([2H])([2H])C(C(=O)O)C3CCNC3)c2)c1)C(C(=O)O)C1CCNC1. The summed E-state index contributed by atoms with van der Waals surface area (Å²) in [6.45, 7) is 2.79. The van der Waals surface area contributed by atoms with Crippen molar-refractivity contribution in [3.05, 3.63) is 101 Å². The molecule has 0 bridgehead atoms. The first kappa shape index (κ1) is 33.4. The third kappa shape index (κ3) is 11.4. The molecule has 3 aliphatic heterocycles. The minimum Gasteiger partial charge on any atom is -0.492 e. The van der Waals surface area contributed by atoms with Crippen molar-refractivity contribution in [3.63, 3.8) is 0 Å². The Labute approximate surface area is 337 Å². The first-order chi connectivity index (χ1) is 29.4. The molecule has 6 atom stereocenters. The third-order valence-electron chi connectivity index (χ3n) is 10.9. The van der Waals surface area contributed by atoms with Crippen molar-refractivity contribution in [1.82, 2.24) is 20.9 Å². The summed E-state index contributed by atoms with van der Waals surface area (Å²) in [4.78, 5) is 52.9. The fourth-order valence-corrected chi connectivity index (χ4v) is 7.85. The van der Waals surface area contributed by atoms with E-state index in [0.29, 0.717) is 69.7 Å². The maximum atomic E-state index is 14.3. The quantitative estimate of drug-likeness (QED) is 0.0982. The first-order valence-electron chi connectivity index (χ1n) is 22.4. The molecule has 3 aromatic carbocycles. The smallest absolute Gasteiger partial charge is 0.307 e. The Morgan fingerprint density at radius 2 is 1.07 bits per heavy atom. The Hall–Kier alpha value is -4.78. The van der Waals surface area contributed by atoms with E-state index in [4.69, 9.17) is 13.0 Å². The number of aliphatic carboxylic acids is 3. The van der Waals surface area contributed by atoms with Gasteiger partial charge in [0.25, 0.3) is 0 Å². The van der Waals surface area contributed by atoms with E-state index in [1.807, 2.05) is 0 Å². The molecule has 0 saturated carbocycles. The van der Waals surface area contributed by atoms with Crippen LogP contribution in [0, 0.1) is 35.5 Å². The van der Waals surface area contributed by atoms with Crippen molar-refractivity contribution >= 4 is 23.8 Å². The van der Waals surface area contributed by atoms with Gasteiger partial charge in [-0.2, -0.15) is 0 Å². The standard InChI is InChI=1S/C44H56N4O8/c49-41(24-31-6-1-4-29(18-31)21-38(42(50)51)34-10-13-45-25-34)48(28-33-8-2-5-30(19-33)22-39(43(52)53)35-11-14-46-26-35)16-17-56-37-9-3-7-32(20-37)23-40(44(54)55)36-12-15-47-27-36/h1-9,18-20,34-36,38-40,45-47H,10-17,21-28H2,(H,50,51)(H,52,53)(H,54,55)/i21D2,22D2,23D2. The fraction of sp³-hybridized carbons (Fsp3) is 0.500. The number of carbonyl (C=O) groups excluding carboxylic acids is 1. The molecule has 12 heteroatoms. The van der Waals surface area contributed by atoms with E-state index in [9.17, 15) is 34.5 Å². The fourth-order valence-electron chi connectivity index (χ4n) is 7.85. The number of hydrogen-bond donors (Lipinski definition) is 6. The van der Waals surface area contributed by atoms with Gasteiger partial charge in [-0.05, 0) is 135 Å². The van der Waals surface area contributed by atoms with Crippen molar-refractivity contribution < 1.29 is 47.5 Å². The van der Waals surface area contributed by atoms with Crippen molar-refractivity contribution in [2.75, 3.05) is 52.4 Å². The summed E-state index contributed by atoms with van der Waals surface area (Å²) in [6, 6.07) is 18.8. The maximum Gasteiger partial charge on any atom is 0.307 e. The second kappa shape index (κ2) is 19.9. The number of ether oxygens (including phenoxy) is 1. The number of amides is 1. The van der Waals surface area contributed by atoms with Gasteiger partial charge in [0, 0.05) is 14.8 Å². The normalized spacial score (nSPS) is 23.3. The molecule has 3 aliphatic rings. The van der Waals surface area contributed by atoms with E-state index in [-0.39, 0.29) is 48.6 Å². The lowest BCUT2D eigenvalue weighted by Gasteiger charge is -2.24. The number of carboxylic acid groups (broad SMARTS) is 3. The van der Waals surface area contributed by atoms with Crippen LogP contribution in [-0.4, -0.2) is 96.5 Å². The highest BCUT2D eigenvalue weighted by molar-refractivity contribution is 5.79. The second-order valence-electron chi connectivity index (χ2n) is 14.9. The highest BCUT2D eigenvalue weighted by Gasteiger charge is 2.33. The van der Waals surface area contributed by atoms with Crippen molar-refractivity contribution in [2.45, 2.75) is 51.3 Å². The zero-order valence-corrected chi connectivity index (χ0v) is 31.4. The number of benzene rings is 3. The van der Waals surface area contributed by atoms with Gasteiger partial charge in [-0.15, -0.1) is 0 Å². The Balaban J connectivity index is 1.24. The average Bonchev–Trinajstić information content (AvgIpc) is 4.04. The molecule has 56 heavy (non-hydrogen) atoms. The third-order valence-corrected chi connectivity index (χ3v) is 10.9. The zero-order valence-electron chi connectivity index (χ0n) is 37.4. The number of hydrogen-bond acceptors (Lipinski definition) is 8. The van der Waals surface area contributed by atoms with Crippen LogP contribution in [0.15, 0.2) is 72.8 Å². The molecule has 300 valence electrons. The van der Waals surface area contributed by atoms with Gasteiger partial charge in [-0.1, -0.05) is 60.7 Å². The van der Waals surface area contributed by atoms with Gasteiger partial charge < -0.3 is 40.9 Å². The van der Waals surface area contributed by atoms with Crippen LogP contribution in [0.5, 0.6) is 5.75 Å². The minimum atomic E-state index is -2.25. The van der Waals surface area contributed by atoms with Crippen molar-refractivity contribution in [1.29, 1.82) is 0 Å². The number of rotatable bonds is 20. The van der Waals surface area contributed by atoms with Gasteiger partial charge in [-0.25, -0.2) is 0 Å². The predicted octanol–water partition coefficient (Wildman–Crippen LogP) is 3.90. The van der Waals surface area contributed by atoms with Gasteiger partial charge >= 0.3 is 17.9 Å². The molecule has 0 spiro atoms. The lowest BCUT2D eigenvalue weighted by Crippen LogP contribution is -2.35. The second-order valence-corrected chi connectivity index (χ2v) is 14.9. The molecule has 3 saturated heterocycles. The summed E-state index contributed by atoms with van der Waals surface area (Å²) < 4.78 is 59.7. The Morgan fingerprint density at radius 1 is 0.643 bits per heavy atom. The van der Waals surface area contributed by atoms with E-state index < -0.39 is 78.4 Å². The van der Waals surface area contributed by atoms with Crippen LogP contribution in [0.25, 0.3) is 0 Å². The van der Waals surface area contributed by atoms with Gasteiger partial charge in [-0.3, -0.25) is 19.2 Å². The Morgan fingerprint density at radius 3 is 1.54 bits per heavy atom. The molecule has 6 N–H and O–H groups in total. The Bertz CT molecular complexity index is 2070. The largest absolute Gasteiger partial charge is 0.492 e. The maximum absolute atomic E-state index is 14.3. The topological polar surface area (TPSA) is 178 Å². The number of nitrogens with one attached hydrogen (secondary N) is 3. The molecule has 12 nitrogen and oxygen atoms in total. The molecule has 0 aromatic heterocycles. The lowest BCUT2D eigenvalue weighted by atomic mass is 9.86. The van der Waals surface area contributed by atoms with Crippen molar-refractivity contribution in [2.24, 2.45) is 35.5 Å². The monoisotopic (exact) mass is 774 g/mol. The van der Waals surface area contributed by atoms with Crippen LogP contribution in [0.2, 0.25) is 0 Å². The summed E-state index contributed by atoms with van der Waals surface area (Å²) >= 11 is 0. The van der Waals surface area contributed by atoms with Crippen LogP contribution in [0.3, 0.4) is 0 Å². The molecule has 1 amide bonds. The van der Waals surface area contributed by atoms with Gasteiger partial charge in [0.05, 0.1) is 30.7 Å². The van der Waals surface area contributed by atoms with Crippen LogP contribution in [-0.2, 0) is 51.3 Å². The Kier molecular flexibility index (Phi) is 11.8. The molecule has 6 rings (SSSR count). The highest BCUT2D eigenvalue weighted by atomic mass is 16.5. The van der Waals surface area contributed by atoms with Crippen molar-refractivity contribution in [3.8, 4) is 5.75 Å². The molecule has 6 unspecified atom stereocenters. The van der Waals surface area contributed by atoms with Gasteiger partial charge in [0.2, 0.25) is 5.91 Å². The summed E-state index contributed by atoms with van der Waals surface area (Å²) in [7, 11) is 0. The molecule has 3 fully saturated rings. The van der Waals surface area contributed by atoms with E-state index >= 15 is 0 Å². The number of nitrogens with zero attached hydrogens (tertiary/aromatic N) is 1. The van der Waals surface area contributed by atoms with E-state index in [2.05, 4.69) is 16.0 Å². The first-order valence-corrected chi connectivity index (χ1v) is 19.4. The van der Waals surface area contributed by atoms with Crippen LogP contribution in [0.4, 0.5) is 0 Å². The zero-order chi connectivity index (χ0) is 44.8. The van der Waals surface area contributed by atoms with E-state index in [1.54, 1.807) is 42.5 Å². The molecule has 0 aliphatic carbocycles. The molecule has 0 radical (unpaired) electrons. The van der Waals surface area contributed by atoms with Crippen LogP contribution < -0.4 is 20.7 Å². The average molecular weight is 775 g/mol. The van der Waals surface area contributed by atoms with E-state index in [1.165, 1.54) is 35.2 Å². The summed E-state index contributed by atoms with van der Waals surface area (Å²) in [5.74, 6) is -9.06.